The van der Waals surface area contributed by atoms with Gasteiger partial charge in [0, 0.05) is 32.5 Å². The van der Waals surface area contributed by atoms with Gasteiger partial charge in [0.1, 0.15) is 5.82 Å². The fourth-order valence-electron chi connectivity index (χ4n) is 1.97. The number of oxime groups is 1. The predicted octanol–water partition coefficient (Wildman–Crippen LogP) is 2.91. The molecule has 92 valence electrons. The normalized spacial score (nSPS) is 17.2. The van der Waals surface area contributed by atoms with Crippen LogP contribution in [0.5, 0.6) is 0 Å². The van der Waals surface area contributed by atoms with E-state index in [2.05, 4.69) is 10.1 Å². The number of rotatable bonds is 2. The van der Waals surface area contributed by atoms with E-state index in [-0.39, 0.29) is 10.8 Å². The molecule has 0 aromatic heterocycles. The number of benzene rings is 1. The maximum atomic E-state index is 13.2. The van der Waals surface area contributed by atoms with E-state index < -0.39 is 0 Å². The molecule has 0 bridgehead atoms. The van der Waals surface area contributed by atoms with Gasteiger partial charge in [-0.1, -0.05) is 22.8 Å². The van der Waals surface area contributed by atoms with E-state index in [1.807, 2.05) is 6.07 Å². The zero-order valence-corrected chi connectivity index (χ0v) is 10.1. The van der Waals surface area contributed by atoms with Gasteiger partial charge >= 0.3 is 0 Å². The van der Waals surface area contributed by atoms with E-state index in [1.54, 1.807) is 6.07 Å². The summed E-state index contributed by atoms with van der Waals surface area (Å²) >= 11 is 5.63. The largest absolute Gasteiger partial charge is 0.411 e. The summed E-state index contributed by atoms with van der Waals surface area (Å²) in [5.41, 5.74) is 1.75. The Hall–Kier alpha value is -1.13. The summed E-state index contributed by atoms with van der Waals surface area (Å²) in [5.74, 6) is -0.376. The second-order valence-corrected chi connectivity index (χ2v) is 4.60. The Balaban J connectivity index is 1.95. The van der Waals surface area contributed by atoms with Crippen molar-refractivity contribution < 1.29 is 9.60 Å². The molecule has 0 amide bonds. The van der Waals surface area contributed by atoms with Crippen molar-refractivity contribution in [2.45, 2.75) is 19.4 Å². The third kappa shape index (κ3) is 3.17. The van der Waals surface area contributed by atoms with Crippen LogP contribution in [0.2, 0.25) is 5.02 Å². The second kappa shape index (κ2) is 5.47. The molecule has 0 atom stereocenters. The molecule has 0 saturated carbocycles. The Kier molecular flexibility index (Phi) is 3.97. The van der Waals surface area contributed by atoms with Crippen molar-refractivity contribution in [3.05, 3.63) is 34.6 Å². The number of nitrogens with zero attached hydrogens (tertiary/aromatic N) is 2. The van der Waals surface area contributed by atoms with Gasteiger partial charge in [0.2, 0.25) is 0 Å². The summed E-state index contributed by atoms with van der Waals surface area (Å²) in [7, 11) is 0. The molecule has 0 spiro atoms. The molecule has 5 heteroatoms. The van der Waals surface area contributed by atoms with Crippen LogP contribution in [0.3, 0.4) is 0 Å². The monoisotopic (exact) mass is 256 g/mol. The average Bonchev–Trinajstić information content (AvgIpc) is 2.35. The zero-order chi connectivity index (χ0) is 12.3. The molecule has 0 radical (unpaired) electrons. The van der Waals surface area contributed by atoms with Crippen LogP contribution in [-0.4, -0.2) is 28.9 Å². The molecule has 3 nitrogen and oxygen atoms in total. The van der Waals surface area contributed by atoms with Crippen LogP contribution in [0.25, 0.3) is 0 Å². The molecular formula is C12H14ClFN2O. The molecule has 0 unspecified atom stereocenters. The van der Waals surface area contributed by atoms with Crippen molar-refractivity contribution >= 4 is 17.3 Å². The van der Waals surface area contributed by atoms with Crippen LogP contribution in [0.4, 0.5) is 4.39 Å². The quantitative estimate of drug-likeness (QED) is 0.652. The van der Waals surface area contributed by atoms with Gasteiger partial charge in [0.25, 0.3) is 0 Å². The van der Waals surface area contributed by atoms with Crippen LogP contribution in [-0.2, 0) is 6.54 Å². The second-order valence-electron chi connectivity index (χ2n) is 4.19. The molecule has 1 aromatic rings. The van der Waals surface area contributed by atoms with Gasteiger partial charge in [-0.05, 0) is 17.7 Å². The smallest absolute Gasteiger partial charge is 0.142 e. The summed E-state index contributed by atoms with van der Waals surface area (Å²) in [6.07, 6.45) is 1.54. The minimum absolute atomic E-state index is 0.155. The van der Waals surface area contributed by atoms with E-state index in [0.717, 1.165) is 37.2 Å². The lowest BCUT2D eigenvalue weighted by atomic mass is 10.1. The molecule has 1 fully saturated rings. The molecule has 0 aliphatic carbocycles. The van der Waals surface area contributed by atoms with Crippen molar-refractivity contribution in [1.29, 1.82) is 0 Å². The summed E-state index contributed by atoms with van der Waals surface area (Å²) in [5, 5.41) is 12.0. The highest BCUT2D eigenvalue weighted by molar-refractivity contribution is 6.30. The van der Waals surface area contributed by atoms with Gasteiger partial charge in [-0.15, -0.1) is 0 Å². The molecule has 17 heavy (non-hydrogen) atoms. The lowest BCUT2D eigenvalue weighted by Crippen LogP contribution is -2.33. The molecule has 1 aliphatic heterocycles. The van der Waals surface area contributed by atoms with Gasteiger partial charge in [0.05, 0.1) is 10.7 Å². The van der Waals surface area contributed by atoms with Gasteiger partial charge < -0.3 is 5.21 Å². The first-order chi connectivity index (χ1) is 8.19. The number of hydrogen-bond acceptors (Lipinski definition) is 3. The molecule has 1 aromatic carbocycles. The van der Waals surface area contributed by atoms with Crippen molar-refractivity contribution in [1.82, 2.24) is 4.90 Å². The van der Waals surface area contributed by atoms with Crippen LogP contribution >= 0.6 is 11.6 Å². The first-order valence-electron chi connectivity index (χ1n) is 5.55. The molecule has 1 saturated heterocycles. The Morgan fingerprint density at radius 3 is 2.65 bits per heavy atom. The van der Waals surface area contributed by atoms with Crippen LogP contribution in [0, 0.1) is 5.82 Å². The number of piperidine rings is 1. The van der Waals surface area contributed by atoms with Gasteiger partial charge in [-0.2, -0.15) is 0 Å². The van der Waals surface area contributed by atoms with Crippen LogP contribution in [0.15, 0.2) is 23.4 Å². The van der Waals surface area contributed by atoms with Crippen molar-refractivity contribution in [2.75, 3.05) is 13.1 Å². The summed E-state index contributed by atoms with van der Waals surface area (Å²) in [6.45, 7) is 2.38. The zero-order valence-electron chi connectivity index (χ0n) is 9.37. The standard InChI is InChI=1S/C12H14ClFN2O/c13-11-2-1-9(7-12(11)14)8-16-5-3-10(15-17)4-6-16/h1-2,7,17H,3-6,8H2. The maximum absolute atomic E-state index is 13.2. The number of halogens is 2. The average molecular weight is 257 g/mol. The number of hydrogen-bond donors (Lipinski definition) is 1. The van der Waals surface area contributed by atoms with Crippen molar-refractivity contribution in [2.24, 2.45) is 5.16 Å². The predicted molar refractivity (Wildman–Crippen MR) is 65.1 cm³/mol. The topological polar surface area (TPSA) is 35.8 Å². The van der Waals surface area contributed by atoms with Gasteiger partial charge in [-0.3, -0.25) is 4.90 Å². The fraction of sp³-hybridized carbons (Fsp3) is 0.417. The molecule has 2 rings (SSSR count). The van der Waals surface area contributed by atoms with Crippen LogP contribution in [0.1, 0.15) is 18.4 Å². The van der Waals surface area contributed by atoms with Crippen molar-refractivity contribution in [3.63, 3.8) is 0 Å². The summed E-state index contributed by atoms with van der Waals surface area (Å²) < 4.78 is 13.2. The third-order valence-electron chi connectivity index (χ3n) is 2.96. The van der Waals surface area contributed by atoms with E-state index in [4.69, 9.17) is 16.8 Å². The lowest BCUT2D eigenvalue weighted by Gasteiger charge is -2.26. The Morgan fingerprint density at radius 2 is 2.06 bits per heavy atom. The van der Waals surface area contributed by atoms with E-state index in [9.17, 15) is 4.39 Å². The minimum atomic E-state index is -0.376. The first-order valence-corrected chi connectivity index (χ1v) is 5.93. The minimum Gasteiger partial charge on any atom is -0.411 e. The number of likely N-dealkylation sites (tertiary alicyclic amines) is 1. The van der Waals surface area contributed by atoms with Gasteiger partial charge in [-0.25, -0.2) is 4.39 Å². The first kappa shape index (κ1) is 12.3. The molecule has 1 aliphatic rings. The van der Waals surface area contributed by atoms with Gasteiger partial charge in [0.15, 0.2) is 0 Å². The Bertz CT molecular complexity index is 427. The van der Waals surface area contributed by atoms with Crippen LogP contribution < -0.4 is 0 Å². The Labute approximate surface area is 104 Å². The Morgan fingerprint density at radius 1 is 1.35 bits per heavy atom. The summed E-state index contributed by atoms with van der Waals surface area (Å²) in [6, 6.07) is 4.88. The highest BCUT2D eigenvalue weighted by Crippen LogP contribution is 2.18. The highest BCUT2D eigenvalue weighted by Gasteiger charge is 2.15. The third-order valence-corrected chi connectivity index (χ3v) is 3.27. The molecule has 1 heterocycles. The molecular weight excluding hydrogens is 243 g/mol. The SMILES string of the molecule is ON=C1CCN(Cc2ccc(Cl)c(F)c2)CC1. The van der Waals surface area contributed by atoms with Crippen molar-refractivity contribution in [3.8, 4) is 0 Å². The lowest BCUT2D eigenvalue weighted by molar-refractivity contribution is 0.256. The highest BCUT2D eigenvalue weighted by atomic mass is 35.5. The maximum Gasteiger partial charge on any atom is 0.142 e. The van der Waals surface area contributed by atoms with E-state index in [0.29, 0.717) is 6.54 Å². The van der Waals surface area contributed by atoms with E-state index in [1.165, 1.54) is 6.07 Å². The van der Waals surface area contributed by atoms with E-state index >= 15 is 0 Å². The molecule has 1 N–H and O–H groups in total. The summed E-state index contributed by atoms with van der Waals surface area (Å²) in [4.78, 5) is 2.21. The fourth-order valence-corrected chi connectivity index (χ4v) is 2.08.